The number of aromatic nitrogens is 2. The van der Waals surface area contributed by atoms with Crippen molar-refractivity contribution in [3.05, 3.63) is 12.4 Å². The number of anilines is 1. The number of nitrogens with two attached hydrogens (primary N) is 1. The second-order valence-corrected chi connectivity index (χ2v) is 1.77. The molecule has 1 rings (SSSR count). The third-order valence-corrected chi connectivity index (χ3v) is 0.967. The van der Waals surface area contributed by atoms with Gasteiger partial charge in [-0.15, -0.1) is 6.42 Å². The number of nitrogens with zero attached hydrogens (tertiary/aromatic N) is 2. The summed E-state index contributed by atoms with van der Waals surface area (Å²) in [7, 11) is 0. The zero-order valence-electron chi connectivity index (χ0n) is 5.82. The van der Waals surface area contributed by atoms with Crippen molar-refractivity contribution in [2.75, 3.05) is 12.3 Å². The van der Waals surface area contributed by atoms with Crippen molar-refractivity contribution >= 4 is 5.82 Å². The van der Waals surface area contributed by atoms with Crippen LogP contribution in [0.2, 0.25) is 0 Å². The quantitative estimate of drug-likeness (QED) is 0.604. The molecule has 0 aliphatic carbocycles. The van der Waals surface area contributed by atoms with Crippen LogP contribution in [-0.2, 0) is 0 Å². The highest BCUT2D eigenvalue weighted by atomic mass is 16.5. The molecule has 0 radical (unpaired) electrons. The van der Waals surface area contributed by atoms with E-state index in [0.717, 1.165) is 0 Å². The highest BCUT2D eigenvalue weighted by Crippen LogP contribution is 2.06. The molecule has 0 aliphatic rings. The molecule has 56 valence electrons. The van der Waals surface area contributed by atoms with Crippen LogP contribution in [-0.4, -0.2) is 16.6 Å². The van der Waals surface area contributed by atoms with Crippen LogP contribution < -0.4 is 10.5 Å². The van der Waals surface area contributed by atoms with E-state index in [1.165, 1.54) is 12.4 Å². The van der Waals surface area contributed by atoms with E-state index in [1.54, 1.807) is 0 Å². The van der Waals surface area contributed by atoms with E-state index in [9.17, 15) is 0 Å². The third kappa shape index (κ3) is 2.14. The molecule has 1 heterocycles. The molecule has 4 heteroatoms. The van der Waals surface area contributed by atoms with Gasteiger partial charge in [-0.25, -0.2) is 9.97 Å². The van der Waals surface area contributed by atoms with Crippen LogP contribution in [0.1, 0.15) is 0 Å². The lowest BCUT2D eigenvalue weighted by molar-refractivity contribution is 0.355. The zero-order valence-corrected chi connectivity index (χ0v) is 5.82. The van der Waals surface area contributed by atoms with E-state index < -0.39 is 0 Å². The van der Waals surface area contributed by atoms with Gasteiger partial charge in [-0.05, 0) is 0 Å². The molecule has 0 spiro atoms. The van der Waals surface area contributed by atoms with E-state index in [0.29, 0.717) is 11.7 Å². The van der Waals surface area contributed by atoms with E-state index in [2.05, 4.69) is 15.9 Å². The second kappa shape index (κ2) is 3.42. The van der Waals surface area contributed by atoms with Crippen LogP contribution in [0.5, 0.6) is 5.88 Å². The van der Waals surface area contributed by atoms with Crippen LogP contribution in [0.25, 0.3) is 0 Å². The maximum Gasteiger partial charge on any atom is 0.219 e. The summed E-state index contributed by atoms with van der Waals surface area (Å²) in [5.41, 5.74) is 5.35. The first-order valence-electron chi connectivity index (χ1n) is 2.96. The average molecular weight is 149 g/mol. The van der Waals surface area contributed by atoms with E-state index in [4.69, 9.17) is 16.9 Å². The number of hydrogen-bond acceptors (Lipinski definition) is 4. The van der Waals surface area contributed by atoms with Crippen molar-refractivity contribution in [2.45, 2.75) is 0 Å². The Balaban J connectivity index is 2.65. The minimum Gasteiger partial charge on any atom is -0.464 e. The highest BCUT2D eigenvalue weighted by molar-refractivity contribution is 5.30. The molecule has 11 heavy (non-hydrogen) atoms. The fourth-order valence-electron chi connectivity index (χ4n) is 0.548. The predicted octanol–water partition coefficient (Wildman–Crippen LogP) is 0.0708. The maximum absolute atomic E-state index is 5.35. The molecule has 0 aromatic carbocycles. The molecule has 2 N–H and O–H groups in total. The molecule has 0 fully saturated rings. The topological polar surface area (TPSA) is 61.0 Å². The highest BCUT2D eigenvalue weighted by Gasteiger charge is 1.93. The number of nitrogen functional groups attached to an aromatic ring is 1. The van der Waals surface area contributed by atoms with Crippen molar-refractivity contribution in [3.63, 3.8) is 0 Å². The van der Waals surface area contributed by atoms with E-state index >= 15 is 0 Å². The predicted molar refractivity (Wildman–Crippen MR) is 40.8 cm³/mol. The van der Waals surface area contributed by atoms with Crippen LogP contribution >= 0.6 is 0 Å². The number of terminal acetylenes is 1. The van der Waals surface area contributed by atoms with Gasteiger partial charge in [-0.3, -0.25) is 0 Å². The molecule has 0 saturated heterocycles. The standard InChI is InChI=1S/C7H7N3O/c1-2-3-11-7-4-6(8)9-5-10-7/h1,4-5H,3H2,(H2,8,9,10). The molecule has 0 aliphatic heterocycles. The van der Waals surface area contributed by atoms with Gasteiger partial charge >= 0.3 is 0 Å². The van der Waals surface area contributed by atoms with Crippen molar-refractivity contribution in [1.29, 1.82) is 0 Å². The first kappa shape index (κ1) is 7.35. The Bertz CT molecular complexity index is 279. The molecular formula is C7H7N3O. The van der Waals surface area contributed by atoms with Crippen LogP contribution in [0.15, 0.2) is 12.4 Å². The van der Waals surface area contributed by atoms with Crippen LogP contribution in [0.3, 0.4) is 0 Å². The fraction of sp³-hybridized carbons (Fsp3) is 0.143. The molecular weight excluding hydrogens is 142 g/mol. The summed E-state index contributed by atoms with van der Waals surface area (Å²) in [5, 5.41) is 0. The fourth-order valence-corrected chi connectivity index (χ4v) is 0.548. The van der Waals surface area contributed by atoms with Crippen LogP contribution in [0.4, 0.5) is 5.82 Å². The molecule has 4 nitrogen and oxygen atoms in total. The summed E-state index contributed by atoms with van der Waals surface area (Å²) in [6, 6.07) is 1.51. The van der Waals surface area contributed by atoms with E-state index in [-0.39, 0.29) is 6.61 Å². The Morgan fingerprint density at radius 3 is 3.09 bits per heavy atom. The van der Waals surface area contributed by atoms with Crippen molar-refractivity contribution in [3.8, 4) is 18.2 Å². The number of ether oxygens (including phenoxy) is 1. The number of rotatable bonds is 2. The molecule has 0 unspecified atom stereocenters. The Labute approximate surface area is 64.4 Å². The summed E-state index contributed by atoms with van der Waals surface area (Å²) >= 11 is 0. The smallest absolute Gasteiger partial charge is 0.219 e. The minimum atomic E-state index is 0.191. The lowest BCUT2D eigenvalue weighted by Crippen LogP contribution is -1.98. The maximum atomic E-state index is 5.35. The van der Waals surface area contributed by atoms with Crippen molar-refractivity contribution in [1.82, 2.24) is 9.97 Å². The van der Waals surface area contributed by atoms with Gasteiger partial charge in [0.15, 0.2) is 6.61 Å². The van der Waals surface area contributed by atoms with Gasteiger partial charge in [0.2, 0.25) is 5.88 Å². The van der Waals surface area contributed by atoms with Crippen molar-refractivity contribution < 1.29 is 4.74 Å². The molecule has 0 amide bonds. The van der Waals surface area contributed by atoms with Crippen molar-refractivity contribution in [2.24, 2.45) is 0 Å². The largest absolute Gasteiger partial charge is 0.464 e. The van der Waals surface area contributed by atoms with Gasteiger partial charge in [0, 0.05) is 6.07 Å². The first-order valence-corrected chi connectivity index (χ1v) is 2.96. The summed E-state index contributed by atoms with van der Waals surface area (Å²) < 4.78 is 4.97. The van der Waals surface area contributed by atoms with E-state index in [1.807, 2.05) is 0 Å². The average Bonchev–Trinajstić information content (AvgIpc) is 2.01. The van der Waals surface area contributed by atoms with Gasteiger partial charge in [0.25, 0.3) is 0 Å². The molecule has 1 aromatic rings. The summed E-state index contributed by atoms with van der Waals surface area (Å²) in [6.45, 7) is 0.191. The minimum absolute atomic E-state index is 0.191. The summed E-state index contributed by atoms with van der Waals surface area (Å²) in [6.07, 6.45) is 6.29. The third-order valence-electron chi connectivity index (χ3n) is 0.967. The summed E-state index contributed by atoms with van der Waals surface area (Å²) in [4.78, 5) is 7.45. The zero-order chi connectivity index (χ0) is 8.10. The summed E-state index contributed by atoms with van der Waals surface area (Å²) in [5.74, 6) is 3.08. The molecule has 0 atom stereocenters. The second-order valence-electron chi connectivity index (χ2n) is 1.77. The molecule has 0 saturated carbocycles. The van der Waals surface area contributed by atoms with Gasteiger partial charge in [-0.2, -0.15) is 0 Å². The monoisotopic (exact) mass is 149 g/mol. The van der Waals surface area contributed by atoms with Gasteiger partial charge < -0.3 is 10.5 Å². The van der Waals surface area contributed by atoms with Gasteiger partial charge in [0.1, 0.15) is 12.1 Å². The Morgan fingerprint density at radius 2 is 2.45 bits per heavy atom. The van der Waals surface area contributed by atoms with Gasteiger partial charge in [-0.1, -0.05) is 5.92 Å². The normalized spacial score (nSPS) is 8.64. The van der Waals surface area contributed by atoms with Crippen LogP contribution in [0, 0.1) is 12.3 Å². The SMILES string of the molecule is C#CCOc1cc(N)ncn1. The lowest BCUT2D eigenvalue weighted by atomic mass is 10.6. The first-order chi connectivity index (χ1) is 5.33. The Hall–Kier alpha value is -1.76. The Morgan fingerprint density at radius 1 is 1.64 bits per heavy atom. The molecule has 0 bridgehead atoms. The van der Waals surface area contributed by atoms with Gasteiger partial charge in [0.05, 0.1) is 0 Å². The lowest BCUT2D eigenvalue weighted by Gasteiger charge is -1.99. The Kier molecular flexibility index (Phi) is 2.28. The molecule has 1 aromatic heterocycles. The number of hydrogen-bond donors (Lipinski definition) is 1.